The molecule has 2 bridgehead atoms. The number of nitrogens with one attached hydrogen (secondary N) is 1. The molecule has 0 saturated heterocycles. The summed E-state index contributed by atoms with van der Waals surface area (Å²) in [5.74, 6) is 0. The highest BCUT2D eigenvalue weighted by atomic mass is 16.3. The lowest BCUT2D eigenvalue weighted by Gasteiger charge is -2.74. The van der Waals surface area contributed by atoms with Gasteiger partial charge in [-0.2, -0.15) is 0 Å². The second-order valence-corrected chi connectivity index (χ2v) is 4.90. The molecule has 11 heavy (non-hydrogen) atoms. The van der Waals surface area contributed by atoms with Crippen LogP contribution < -0.4 is 5.32 Å². The minimum atomic E-state index is -0.467. The van der Waals surface area contributed by atoms with Crippen LogP contribution >= 0.6 is 0 Å². The van der Waals surface area contributed by atoms with E-state index in [1.807, 2.05) is 20.9 Å². The molecular formula is C9H17NO. The molecule has 3 aliphatic rings. The highest BCUT2D eigenvalue weighted by molar-refractivity contribution is 5.27. The van der Waals surface area contributed by atoms with Crippen LogP contribution in [0, 0.1) is 5.41 Å². The van der Waals surface area contributed by atoms with Crippen molar-refractivity contribution in [3.8, 4) is 0 Å². The van der Waals surface area contributed by atoms with Crippen LogP contribution in [0.15, 0.2) is 0 Å². The van der Waals surface area contributed by atoms with Crippen molar-refractivity contribution >= 4 is 0 Å². The maximum absolute atomic E-state index is 9.82. The Hall–Kier alpha value is -0.0800. The predicted octanol–water partition coefficient (Wildman–Crippen LogP) is 0.899. The normalized spacial score (nSPS) is 48.0. The van der Waals surface area contributed by atoms with Gasteiger partial charge < -0.3 is 10.4 Å². The van der Waals surface area contributed by atoms with E-state index in [9.17, 15) is 5.11 Å². The lowest BCUT2D eigenvalue weighted by Crippen LogP contribution is -2.78. The Morgan fingerprint density at radius 3 is 2.00 bits per heavy atom. The first-order valence-electron chi connectivity index (χ1n) is 4.34. The van der Waals surface area contributed by atoms with Crippen LogP contribution in [0.25, 0.3) is 0 Å². The molecule has 2 N–H and O–H groups in total. The Bertz CT molecular complexity index is 172. The molecule has 0 aromatic heterocycles. The average Bonchev–Trinajstić information content (AvgIpc) is 1.53. The molecule has 0 aromatic carbocycles. The molecule has 0 aromatic rings. The van der Waals surface area contributed by atoms with Crippen molar-refractivity contribution in [2.75, 3.05) is 7.05 Å². The minimum absolute atomic E-state index is 0.260. The summed E-state index contributed by atoms with van der Waals surface area (Å²) >= 11 is 0. The predicted molar refractivity (Wildman–Crippen MR) is 44.4 cm³/mol. The van der Waals surface area contributed by atoms with Crippen LogP contribution in [-0.4, -0.2) is 23.3 Å². The molecule has 0 amide bonds. The minimum Gasteiger partial charge on any atom is -0.390 e. The third kappa shape index (κ3) is 0.695. The van der Waals surface area contributed by atoms with Crippen LogP contribution in [-0.2, 0) is 0 Å². The van der Waals surface area contributed by atoms with Crippen molar-refractivity contribution in [1.29, 1.82) is 0 Å². The largest absolute Gasteiger partial charge is 0.390 e. The van der Waals surface area contributed by atoms with Gasteiger partial charge in [-0.25, -0.2) is 0 Å². The number of hydrogen-bond acceptors (Lipinski definition) is 2. The average molecular weight is 155 g/mol. The summed E-state index contributed by atoms with van der Waals surface area (Å²) in [6, 6.07) is 0. The molecule has 2 heteroatoms. The van der Waals surface area contributed by atoms with Gasteiger partial charge in [-0.3, -0.25) is 0 Å². The molecule has 0 spiro atoms. The number of aliphatic hydroxyl groups is 1. The SMILES string of the molecule is CNC12CC(C(C)(C)O)(C1)C2. The van der Waals surface area contributed by atoms with Crippen molar-refractivity contribution < 1.29 is 5.11 Å². The van der Waals surface area contributed by atoms with E-state index in [0.717, 1.165) is 0 Å². The molecule has 0 aliphatic heterocycles. The molecule has 64 valence electrons. The third-order valence-corrected chi connectivity index (χ3v) is 3.86. The first-order chi connectivity index (χ1) is 4.93. The highest BCUT2D eigenvalue weighted by Gasteiger charge is 2.72. The fourth-order valence-electron chi connectivity index (χ4n) is 2.70. The van der Waals surface area contributed by atoms with Gasteiger partial charge in [-0.05, 0) is 40.2 Å². The lowest BCUT2D eigenvalue weighted by atomic mass is 9.35. The number of hydrogen-bond donors (Lipinski definition) is 2. The summed E-state index contributed by atoms with van der Waals surface area (Å²) in [7, 11) is 2.02. The van der Waals surface area contributed by atoms with Crippen LogP contribution in [0.4, 0.5) is 0 Å². The van der Waals surface area contributed by atoms with Crippen LogP contribution in [0.2, 0.25) is 0 Å². The van der Waals surface area contributed by atoms with E-state index >= 15 is 0 Å². The van der Waals surface area contributed by atoms with E-state index in [2.05, 4.69) is 5.32 Å². The molecule has 0 heterocycles. The maximum Gasteiger partial charge on any atom is 0.0649 e. The van der Waals surface area contributed by atoms with E-state index < -0.39 is 5.60 Å². The Balaban J connectivity index is 2.04. The summed E-state index contributed by atoms with van der Waals surface area (Å²) in [6.07, 6.45) is 3.50. The lowest BCUT2D eigenvalue weighted by molar-refractivity contribution is -0.249. The second kappa shape index (κ2) is 1.64. The Morgan fingerprint density at radius 2 is 1.73 bits per heavy atom. The molecule has 0 atom stereocenters. The van der Waals surface area contributed by atoms with Crippen LogP contribution in [0.1, 0.15) is 33.1 Å². The van der Waals surface area contributed by atoms with Gasteiger partial charge in [0.2, 0.25) is 0 Å². The zero-order valence-electron chi connectivity index (χ0n) is 7.57. The summed E-state index contributed by atoms with van der Waals surface area (Å²) in [6.45, 7) is 3.87. The molecular weight excluding hydrogens is 138 g/mol. The molecule has 2 nitrogen and oxygen atoms in total. The Morgan fingerprint density at radius 1 is 1.27 bits per heavy atom. The first-order valence-corrected chi connectivity index (χ1v) is 4.34. The van der Waals surface area contributed by atoms with Gasteiger partial charge in [-0.15, -0.1) is 0 Å². The van der Waals surface area contributed by atoms with Gasteiger partial charge in [0.15, 0.2) is 0 Å². The van der Waals surface area contributed by atoms with Crippen molar-refractivity contribution in [1.82, 2.24) is 5.32 Å². The Labute approximate surface area is 68.0 Å². The van der Waals surface area contributed by atoms with Gasteiger partial charge in [0.05, 0.1) is 5.60 Å². The quantitative estimate of drug-likeness (QED) is 0.621. The van der Waals surface area contributed by atoms with Gasteiger partial charge in [0.25, 0.3) is 0 Å². The fourth-order valence-corrected chi connectivity index (χ4v) is 2.70. The van der Waals surface area contributed by atoms with Crippen LogP contribution in [0.5, 0.6) is 0 Å². The van der Waals surface area contributed by atoms with E-state index in [1.165, 1.54) is 19.3 Å². The molecule has 0 unspecified atom stereocenters. The van der Waals surface area contributed by atoms with Crippen molar-refractivity contribution in [2.24, 2.45) is 5.41 Å². The third-order valence-electron chi connectivity index (χ3n) is 3.86. The van der Waals surface area contributed by atoms with Gasteiger partial charge in [0, 0.05) is 11.0 Å². The summed E-state index contributed by atoms with van der Waals surface area (Å²) in [4.78, 5) is 0. The molecule has 3 aliphatic carbocycles. The first kappa shape index (κ1) is 7.56. The topological polar surface area (TPSA) is 32.3 Å². The number of rotatable bonds is 2. The smallest absolute Gasteiger partial charge is 0.0649 e. The zero-order valence-corrected chi connectivity index (χ0v) is 7.57. The van der Waals surface area contributed by atoms with Gasteiger partial charge in [-0.1, -0.05) is 0 Å². The molecule has 3 saturated carbocycles. The van der Waals surface area contributed by atoms with Gasteiger partial charge >= 0.3 is 0 Å². The summed E-state index contributed by atoms with van der Waals surface area (Å²) < 4.78 is 0. The maximum atomic E-state index is 9.82. The van der Waals surface area contributed by atoms with E-state index in [-0.39, 0.29) is 5.41 Å². The van der Waals surface area contributed by atoms with Crippen molar-refractivity contribution in [3.05, 3.63) is 0 Å². The highest BCUT2D eigenvalue weighted by Crippen LogP contribution is 2.71. The monoisotopic (exact) mass is 155 g/mol. The van der Waals surface area contributed by atoms with Crippen molar-refractivity contribution in [3.63, 3.8) is 0 Å². The molecule has 3 rings (SSSR count). The van der Waals surface area contributed by atoms with E-state index in [1.54, 1.807) is 0 Å². The van der Waals surface area contributed by atoms with Gasteiger partial charge in [0.1, 0.15) is 0 Å². The second-order valence-electron chi connectivity index (χ2n) is 4.90. The fraction of sp³-hybridized carbons (Fsp3) is 1.00. The zero-order chi connectivity index (χ0) is 8.33. The van der Waals surface area contributed by atoms with E-state index in [0.29, 0.717) is 5.54 Å². The standard InChI is InChI=1S/C9H17NO/c1-7(2,11)8-4-9(5-8,6-8)10-3/h10-11H,4-6H2,1-3H3. The summed E-state index contributed by atoms with van der Waals surface area (Å²) in [5.41, 5.74) is 0.210. The molecule has 3 fully saturated rings. The molecule has 0 radical (unpaired) electrons. The van der Waals surface area contributed by atoms with Crippen LogP contribution in [0.3, 0.4) is 0 Å². The summed E-state index contributed by atoms with van der Waals surface area (Å²) in [5, 5.41) is 13.1. The van der Waals surface area contributed by atoms with Crippen molar-refractivity contribution in [2.45, 2.75) is 44.2 Å². The Kier molecular flexibility index (Phi) is 1.13. The van der Waals surface area contributed by atoms with E-state index in [4.69, 9.17) is 0 Å².